The van der Waals surface area contributed by atoms with E-state index in [1.807, 2.05) is 49.4 Å². The second kappa shape index (κ2) is 9.51. The Hall–Kier alpha value is -2.57. The molecule has 4 rings (SSSR count). The summed E-state index contributed by atoms with van der Waals surface area (Å²) in [5, 5.41) is 14.5. The summed E-state index contributed by atoms with van der Waals surface area (Å²) in [4.78, 5) is 15.2. The molecule has 1 amide bonds. The summed E-state index contributed by atoms with van der Waals surface area (Å²) in [6, 6.07) is 13.6. The number of aliphatic hydroxyl groups is 1. The maximum atomic E-state index is 13.0. The molecule has 1 aliphatic carbocycles. The maximum absolute atomic E-state index is 13.0. The second-order valence-electron chi connectivity index (χ2n) is 9.14. The fourth-order valence-corrected chi connectivity index (χ4v) is 5.42. The number of anilines is 1. The maximum Gasteiger partial charge on any atom is 0.238 e. The zero-order valence-corrected chi connectivity index (χ0v) is 19.3. The monoisotopic (exact) mass is 438 g/mol. The van der Waals surface area contributed by atoms with Crippen LogP contribution in [0.15, 0.2) is 42.5 Å². The van der Waals surface area contributed by atoms with Crippen molar-refractivity contribution in [3.05, 3.63) is 53.6 Å². The van der Waals surface area contributed by atoms with Gasteiger partial charge in [0.05, 0.1) is 26.4 Å². The van der Waals surface area contributed by atoms with Crippen molar-refractivity contribution in [3.63, 3.8) is 0 Å². The number of rotatable bonds is 6. The molecular weight excluding hydrogens is 404 g/mol. The molecule has 2 fully saturated rings. The Labute approximate surface area is 190 Å². The number of hydrogen-bond acceptors (Lipinski definition) is 5. The molecule has 1 heterocycles. The quantitative estimate of drug-likeness (QED) is 0.703. The number of piperidine rings is 1. The fourth-order valence-electron chi connectivity index (χ4n) is 5.42. The molecular formula is C26H34N2O4. The Morgan fingerprint density at radius 2 is 1.91 bits per heavy atom. The molecule has 0 spiro atoms. The number of methoxy groups -OCH3 is 2. The summed E-state index contributed by atoms with van der Waals surface area (Å²) in [5.74, 6) is 1.46. The standard InChI is InChI=1S/C26H34N2O4/c1-18-7-9-19(10-8-18)27-24(29)17-28-15-14-26(30)13-5-4-6-22(26)25(28)21-12-11-20(31-2)16-23(21)32-3/h7-12,16,22,25,30H,4-6,13-15,17H2,1-3H3,(H,27,29)/t22-,25+,26-/m1/s1. The van der Waals surface area contributed by atoms with Crippen LogP contribution in [0.1, 0.15) is 49.3 Å². The van der Waals surface area contributed by atoms with Gasteiger partial charge in [-0.3, -0.25) is 9.69 Å². The smallest absolute Gasteiger partial charge is 0.238 e. The number of nitrogens with zero attached hydrogens (tertiary/aromatic N) is 1. The highest BCUT2D eigenvalue weighted by Crippen LogP contribution is 2.51. The highest BCUT2D eigenvalue weighted by atomic mass is 16.5. The molecule has 2 aliphatic rings. The number of nitrogens with one attached hydrogen (secondary N) is 1. The van der Waals surface area contributed by atoms with Crippen LogP contribution in [0, 0.1) is 12.8 Å². The summed E-state index contributed by atoms with van der Waals surface area (Å²) in [6.45, 7) is 2.95. The predicted octanol–water partition coefficient (Wildman–Crippen LogP) is 4.32. The van der Waals surface area contributed by atoms with Gasteiger partial charge in [0.2, 0.25) is 5.91 Å². The SMILES string of the molecule is COc1ccc([C@H]2[C@H]3CCCC[C@@]3(O)CCN2CC(=O)Nc2ccc(C)cc2)c(OC)c1. The Morgan fingerprint density at radius 3 is 2.62 bits per heavy atom. The summed E-state index contributed by atoms with van der Waals surface area (Å²) in [6.07, 6.45) is 4.58. The first kappa shape index (κ1) is 22.6. The van der Waals surface area contributed by atoms with Gasteiger partial charge in [0.25, 0.3) is 0 Å². The van der Waals surface area contributed by atoms with Gasteiger partial charge < -0.3 is 19.9 Å². The molecule has 3 atom stereocenters. The number of carbonyl (C=O) groups excluding carboxylic acids is 1. The molecule has 2 aromatic carbocycles. The Balaban J connectivity index is 1.63. The number of aryl methyl sites for hydroxylation is 1. The van der Waals surface area contributed by atoms with Crippen molar-refractivity contribution in [2.24, 2.45) is 5.92 Å². The van der Waals surface area contributed by atoms with E-state index in [1.165, 1.54) is 0 Å². The lowest BCUT2D eigenvalue weighted by atomic mass is 9.66. The van der Waals surface area contributed by atoms with Crippen molar-refractivity contribution in [2.45, 2.75) is 50.7 Å². The van der Waals surface area contributed by atoms with Crippen LogP contribution in [0.2, 0.25) is 0 Å². The van der Waals surface area contributed by atoms with E-state index < -0.39 is 5.60 Å². The zero-order valence-electron chi connectivity index (χ0n) is 19.3. The van der Waals surface area contributed by atoms with Crippen LogP contribution in [-0.2, 0) is 4.79 Å². The molecule has 0 bridgehead atoms. The van der Waals surface area contributed by atoms with Crippen LogP contribution in [0.5, 0.6) is 11.5 Å². The van der Waals surface area contributed by atoms with E-state index in [0.29, 0.717) is 13.0 Å². The van der Waals surface area contributed by atoms with E-state index in [2.05, 4.69) is 10.2 Å². The fraction of sp³-hybridized carbons (Fsp3) is 0.500. The third-order valence-corrected chi connectivity index (χ3v) is 7.11. The number of hydrogen-bond donors (Lipinski definition) is 2. The van der Waals surface area contributed by atoms with Crippen LogP contribution in [0.3, 0.4) is 0 Å². The van der Waals surface area contributed by atoms with Crippen LogP contribution >= 0.6 is 0 Å². The van der Waals surface area contributed by atoms with Gasteiger partial charge in [-0.1, -0.05) is 36.6 Å². The van der Waals surface area contributed by atoms with E-state index in [1.54, 1.807) is 14.2 Å². The highest BCUT2D eigenvalue weighted by Gasteiger charge is 2.49. The number of carbonyl (C=O) groups is 1. The molecule has 0 unspecified atom stereocenters. The van der Waals surface area contributed by atoms with Gasteiger partial charge in [-0.25, -0.2) is 0 Å². The van der Waals surface area contributed by atoms with Gasteiger partial charge in [0.15, 0.2) is 0 Å². The first-order valence-corrected chi connectivity index (χ1v) is 11.5. The summed E-state index contributed by atoms with van der Waals surface area (Å²) in [7, 11) is 3.29. The van der Waals surface area contributed by atoms with Crippen LogP contribution in [0.25, 0.3) is 0 Å². The first-order chi connectivity index (χ1) is 15.4. The number of likely N-dealkylation sites (tertiary alicyclic amines) is 1. The minimum Gasteiger partial charge on any atom is -0.497 e. The van der Waals surface area contributed by atoms with Crippen LogP contribution < -0.4 is 14.8 Å². The van der Waals surface area contributed by atoms with Gasteiger partial charge in [-0.05, 0) is 44.4 Å². The second-order valence-corrected chi connectivity index (χ2v) is 9.14. The molecule has 6 heteroatoms. The van der Waals surface area contributed by atoms with E-state index in [4.69, 9.17) is 9.47 Å². The minimum atomic E-state index is -0.697. The average molecular weight is 439 g/mol. The van der Waals surface area contributed by atoms with Crippen molar-refractivity contribution in [1.82, 2.24) is 4.90 Å². The molecule has 172 valence electrons. The van der Waals surface area contributed by atoms with E-state index in [-0.39, 0.29) is 24.4 Å². The Bertz CT molecular complexity index is 945. The third kappa shape index (κ3) is 4.62. The number of ether oxygens (including phenoxy) is 2. The van der Waals surface area contributed by atoms with Gasteiger partial charge in [-0.15, -0.1) is 0 Å². The van der Waals surface area contributed by atoms with E-state index in [0.717, 1.165) is 54.0 Å². The van der Waals surface area contributed by atoms with Gasteiger partial charge in [0, 0.05) is 35.8 Å². The first-order valence-electron chi connectivity index (χ1n) is 11.5. The van der Waals surface area contributed by atoms with E-state index in [9.17, 15) is 9.90 Å². The highest BCUT2D eigenvalue weighted by molar-refractivity contribution is 5.92. The van der Waals surface area contributed by atoms with Crippen molar-refractivity contribution in [2.75, 3.05) is 32.6 Å². The summed E-state index contributed by atoms with van der Waals surface area (Å²) in [5.41, 5.74) is 2.26. The van der Waals surface area contributed by atoms with Gasteiger partial charge >= 0.3 is 0 Å². The van der Waals surface area contributed by atoms with Crippen molar-refractivity contribution in [3.8, 4) is 11.5 Å². The minimum absolute atomic E-state index is 0.0485. The Morgan fingerprint density at radius 1 is 1.12 bits per heavy atom. The van der Waals surface area contributed by atoms with Gasteiger partial charge in [-0.2, -0.15) is 0 Å². The number of benzene rings is 2. The number of fused-ring (bicyclic) bond motifs is 1. The lowest BCUT2D eigenvalue weighted by molar-refractivity contribution is -0.135. The molecule has 0 aromatic heterocycles. The largest absolute Gasteiger partial charge is 0.497 e. The lowest BCUT2D eigenvalue weighted by Gasteiger charge is -2.52. The molecule has 1 aliphatic heterocycles. The van der Waals surface area contributed by atoms with Crippen molar-refractivity contribution < 1.29 is 19.4 Å². The molecule has 2 aromatic rings. The Kier molecular flexibility index (Phi) is 6.72. The summed E-state index contributed by atoms with van der Waals surface area (Å²) < 4.78 is 11.1. The van der Waals surface area contributed by atoms with Crippen LogP contribution in [-0.4, -0.2) is 48.8 Å². The van der Waals surface area contributed by atoms with E-state index >= 15 is 0 Å². The molecule has 1 saturated carbocycles. The van der Waals surface area contributed by atoms with Crippen LogP contribution in [0.4, 0.5) is 5.69 Å². The molecule has 32 heavy (non-hydrogen) atoms. The third-order valence-electron chi connectivity index (χ3n) is 7.11. The number of amides is 1. The molecule has 2 N–H and O–H groups in total. The van der Waals surface area contributed by atoms with Gasteiger partial charge in [0.1, 0.15) is 11.5 Å². The topological polar surface area (TPSA) is 71.0 Å². The zero-order chi connectivity index (χ0) is 22.7. The molecule has 1 saturated heterocycles. The predicted molar refractivity (Wildman–Crippen MR) is 125 cm³/mol. The normalized spacial score (nSPS) is 25.6. The average Bonchev–Trinajstić information content (AvgIpc) is 2.80. The van der Waals surface area contributed by atoms with Crippen molar-refractivity contribution >= 4 is 11.6 Å². The molecule has 6 nitrogen and oxygen atoms in total. The molecule has 0 radical (unpaired) electrons. The lowest BCUT2D eigenvalue weighted by Crippen LogP contribution is -2.56. The van der Waals surface area contributed by atoms with Crippen molar-refractivity contribution in [1.29, 1.82) is 0 Å². The summed E-state index contributed by atoms with van der Waals surface area (Å²) >= 11 is 0.